The Morgan fingerprint density at radius 3 is 2.57 bits per heavy atom. The molecule has 1 heterocycles. The van der Waals surface area contributed by atoms with Crippen LogP contribution in [0.1, 0.15) is 23.6 Å². The maximum Gasteiger partial charge on any atom is 0.321 e. The lowest BCUT2D eigenvalue weighted by Crippen LogP contribution is -2.38. The molecule has 35 heavy (non-hydrogen) atoms. The number of carbonyl (C=O) groups is 1. The van der Waals surface area contributed by atoms with Crippen LogP contribution in [0.15, 0.2) is 66.9 Å². The zero-order valence-electron chi connectivity index (χ0n) is 19.2. The Bertz CT molecular complexity index is 1300. The van der Waals surface area contributed by atoms with Crippen LogP contribution in [-0.2, 0) is 24.4 Å². The summed E-state index contributed by atoms with van der Waals surface area (Å²) in [6, 6.07) is 18.0. The molecule has 0 aliphatic rings. The number of H-pyrrole nitrogens is 1. The molecule has 0 aliphatic heterocycles. The predicted molar refractivity (Wildman–Crippen MR) is 139 cm³/mol. The Morgan fingerprint density at radius 1 is 1.06 bits per heavy atom. The Kier molecular flexibility index (Phi) is 8.18. The maximum absolute atomic E-state index is 12.0. The Hall–Kier alpha value is -3.19. The number of aliphatic carboxylic acids is 1. The number of carboxylic acid groups (broad SMARTS) is 1. The number of aromatic amines is 1. The van der Waals surface area contributed by atoms with Gasteiger partial charge in [-0.05, 0) is 53.9 Å². The van der Waals surface area contributed by atoms with Gasteiger partial charge in [-0.1, -0.05) is 53.5 Å². The van der Waals surface area contributed by atoms with Crippen molar-refractivity contribution in [3.8, 4) is 11.5 Å². The summed E-state index contributed by atoms with van der Waals surface area (Å²) >= 11 is 12.5. The van der Waals surface area contributed by atoms with Gasteiger partial charge in [0.05, 0.1) is 11.6 Å². The molecule has 6 nitrogen and oxygen atoms in total. The van der Waals surface area contributed by atoms with E-state index in [1.807, 2.05) is 55.6 Å². The highest BCUT2D eigenvalue weighted by Gasteiger charge is 2.20. The molecule has 0 saturated heterocycles. The summed E-state index contributed by atoms with van der Waals surface area (Å²) < 4.78 is 11.7. The molecule has 0 spiro atoms. The van der Waals surface area contributed by atoms with Gasteiger partial charge in [-0.25, -0.2) is 0 Å². The molecule has 1 aromatic heterocycles. The Morgan fingerprint density at radius 2 is 1.83 bits per heavy atom. The molecule has 182 valence electrons. The number of ether oxygens (including phenoxy) is 2. The minimum absolute atomic E-state index is 0.302. The van der Waals surface area contributed by atoms with E-state index in [1.165, 1.54) is 0 Å². The lowest BCUT2D eigenvalue weighted by atomic mass is 10.0. The van der Waals surface area contributed by atoms with Gasteiger partial charge in [0.25, 0.3) is 0 Å². The summed E-state index contributed by atoms with van der Waals surface area (Å²) in [6.07, 6.45) is 2.20. The number of benzene rings is 3. The number of carboxylic acids is 1. The number of nitrogens with one attached hydrogen (secondary N) is 2. The molecule has 0 aliphatic carbocycles. The quantitative estimate of drug-likeness (QED) is 0.221. The van der Waals surface area contributed by atoms with E-state index in [4.69, 9.17) is 32.7 Å². The highest BCUT2D eigenvalue weighted by Crippen LogP contribution is 2.37. The van der Waals surface area contributed by atoms with Crippen LogP contribution < -0.4 is 14.8 Å². The summed E-state index contributed by atoms with van der Waals surface area (Å²) in [4.78, 5) is 15.2. The van der Waals surface area contributed by atoms with Gasteiger partial charge in [-0.15, -0.1) is 0 Å². The molecule has 0 saturated carbocycles. The van der Waals surface area contributed by atoms with Gasteiger partial charge in [0.15, 0.2) is 11.5 Å². The minimum Gasteiger partial charge on any atom is -0.490 e. The number of para-hydroxylation sites is 1. The number of aromatic nitrogens is 1. The van der Waals surface area contributed by atoms with Crippen molar-refractivity contribution in [1.82, 2.24) is 10.3 Å². The number of fused-ring (bicyclic) bond motifs is 1. The average molecular weight is 513 g/mol. The highest BCUT2D eigenvalue weighted by molar-refractivity contribution is 6.32. The van der Waals surface area contributed by atoms with Crippen LogP contribution in [0.5, 0.6) is 11.5 Å². The van der Waals surface area contributed by atoms with Crippen LogP contribution in [0.3, 0.4) is 0 Å². The fraction of sp³-hybridized carbons (Fsp3) is 0.222. The third-order valence-corrected chi connectivity index (χ3v) is 6.15. The van der Waals surface area contributed by atoms with Crippen LogP contribution >= 0.6 is 23.2 Å². The predicted octanol–water partition coefficient (Wildman–Crippen LogP) is 6.24. The number of rotatable bonds is 11. The molecule has 0 fully saturated rings. The third-order valence-electron chi connectivity index (χ3n) is 5.62. The van der Waals surface area contributed by atoms with Gasteiger partial charge < -0.3 is 24.9 Å². The zero-order valence-corrected chi connectivity index (χ0v) is 20.7. The van der Waals surface area contributed by atoms with Crippen LogP contribution in [-0.4, -0.2) is 28.7 Å². The van der Waals surface area contributed by atoms with Gasteiger partial charge in [-0.3, -0.25) is 4.79 Å². The van der Waals surface area contributed by atoms with E-state index in [0.29, 0.717) is 47.7 Å². The van der Waals surface area contributed by atoms with E-state index in [2.05, 4.69) is 10.3 Å². The molecule has 3 N–H and O–H groups in total. The van der Waals surface area contributed by atoms with Gasteiger partial charge >= 0.3 is 5.97 Å². The van der Waals surface area contributed by atoms with E-state index < -0.39 is 12.0 Å². The molecule has 1 atom stereocenters. The second-order valence-corrected chi connectivity index (χ2v) is 8.93. The van der Waals surface area contributed by atoms with Crippen molar-refractivity contribution < 1.29 is 19.4 Å². The lowest BCUT2D eigenvalue weighted by Gasteiger charge is -2.17. The molecular formula is C27H26Cl2N2O4. The van der Waals surface area contributed by atoms with Crippen molar-refractivity contribution in [3.63, 3.8) is 0 Å². The second-order valence-electron chi connectivity index (χ2n) is 8.09. The van der Waals surface area contributed by atoms with Crippen LogP contribution in [0.2, 0.25) is 10.0 Å². The SMILES string of the molecule is CCOc1cc(CN[C@H](Cc2c[nH]c3ccccc23)C(=O)O)cc(Cl)c1OCc1ccc(Cl)cc1. The van der Waals surface area contributed by atoms with Crippen molar-refractivity contribution in [1.29, 1.82) is 0 Å². The second kappa shape index (κ2) is 11.5. The van der Waals surface area contributed by atoms with Gasteiger partial charge in [0, 0.05) is 35.1 Å². The topological polar surface area (TPSA) is 83.6 Å². The number of halogens is 2. The van der Waals surface area contributed by atoms with Crippen LogP contribution in [0, 0.1) is 0 Å². The van der Waals surface area contributed by atoms with Gasteiger partial charge in [0.1, 0.15) is 12.6 Å². The molecule has 4 rings (SSSR count). The van der Waals surface area contributed by atoms with Crippen molar-refractivity contribution in [3.05, 3.63) is 93.6 Å². The smallest absolute Gasteiger partial charge is 0.321 e. The molecule has 0 unspecified atom stereocenters. The summed E-state index contributed by atoms with van der Waals surface area (Å²) in [6.45, 7) is 2.92. The summed E-state index contributed by atoms with van der Waals surface area (Å²) in [5.41, 5.74) is 3.66. The van der Waals surface area contributed by atoms with Crippen molar-refractivity contribution in [2.24, 2.45) is 0 Å². The van der Waals surface area contributed by atoms with Crippen molar-refractivity contribution >= 4 is 40.1 Å². The van der Waals surface area contributed by atoms with Crippen molar-refractivity contribution in [2.75, 3.05) is 6.61 Å². The first-order valence-corrected chi connectivity index (χ1v) is 12.0. The largest absolute Gasteiger partial charge is 0.490 e. The number of hydrogen-bond acceptors (Lipinski definition) is 4. The van der Waals surface area contributed by atoms with Gasteiger partial charge in [0.2, 0.25) is 0 Å². The number of hydrogen-bond donors (Lipinski definition) is 3. The zero-order chi connectivity index (χ0) is 24.8. The van der Waals surface area contributed by atoms with E-state index in [0.717, 1.165) is 27.6 Å². The minimum atomic E-state index is -0.922. The highest BCUT2D eigenvalue weighted by atomic mass is 35.5. The Balaban J connectivity index is 1.47. The lowest BCUT2D eigenvalue weighted by molar-refractivity contribution is -0.139. The standard InChI is InChI=1S/C27H26Cl2N2O4/c1-2-34-25-12-18(11-22(29)26(25)35-16-17-7-9-20(28)10-8-17)14-30-24(27(32)33)13-19-15-31-23-6-4-3-5-21(19)23/h3-12,15,24,30-31H,2,13-14,16H2,1H3,(H,32,33)/t24-/m1/s1. The van der Waals surface area contributed by atoms with Crippen LogP contribution in [0.4, 0.5) is 0 Å². The first kappa shape index (κ1) is 24.9. The molecular weight excluding hydrogens is 487 g/mol. The first-order valence-electron chi connectivity index (χ1n) is 11.3. The fourth-order valence-electron chi connectivity index (χ4n) is 3.87. The molecule has 4 aromatic rings. The monoisotopic (exact) mass is 512 g/mol. The van der Waals surface area contributed by atoms with Crippen LogP contribution in [0.25, 0.3) is 10.9 Å². The van der Waals surface area contributed by atoms with E-state index in [1.54, 1.807) is 18.2 Å². The Labute approximate surface area is 213 Å². The molecule has 0 radical (unpaired) electrons. The fourth-order valence-corrected chi connectivity index (χ4v) is 4.28. The first-order chi connectivity index (χ1) is 16.9. The van der Waals surface area contributed by atoms with E-state index in [-0.39, 0.29) is 0 Å². The summed E-state index contributed by atoms with van der Waals surface area (Å²) in [5.74, 6) is 0.0318. The van der Waals surface area contributed by atoms with Crippen molar-refractivity contribution in [2.45, 2.75) is 32.5 Å². The maximum atomic E-state index is 12.0. The summed E-state index contributed by atoms with van der Waals surface area (Å²) in [7, 11) is 0. The van der Waals surface area contributed by atoms with E-state index in [9.17, 15) is 9.90 Å². The van der Waals surface area contributed by atoms with Gasteiger partial charge in [-0.2, -0.15) is 0 Å². The average Bonchev–Trinajstić information content (AvgIpc) is 3.25. The normalized spacial score (nSPS) is 12.0. The molecule has 0 bridgehead atoms. The molecule has 0 amide bonds. The third kappa shape index (κ3) is 6.28. The summed E-state index contributed by atoms with van der Waals surface area (Å²) in [5, 5.41) is 15.0. The van der Waals surface area contributed by atoms with E-state index >= 15 is 0 Å². The molecule has 3 aromatic carbocycles. The molecule has 8 heteroatoms.